The molecule has 0 aromatic heterocycles. The van der Waals surface area contributed by atoms with Crippen LogP contribution in [-0.4, -0.2) is 17.8 Å². The Morgan fingerprint density at radius 2 is 2.00 bits per heavy atom. The average Bonchev–Trinajstić information content (AvgIpc) is 2.40. The molecule has 0 amide bonds. The Bertz CT molecular complexity index is 354. The first-order chi connectivity index (χ1) is 8.79. The molecule has 1 aromatic rings. The summed E-state index contributed by atoms with van der Waals surface area (Å²) in [6.07, 6.45) is 6.27. The zero-order valence-electron chi connectivity index (χ0n) is 11.3. The predicted molar refractivity (Wildman–Crippen MR) is 74.1 cm³/mol. The number of ether oxygens (including phenoxy) is 1. The Kier molecular flexibility index (Phi) is 5.06. The fourth-order valence-electron chi connectivity index (χ4n) is 2.60. The number of hydrogen-bond acceptors (Lipinski definition) is 2. The van der Waals surface area contributed by atoms with E-state index in [4.69, 9.17) is 4.74 Å². The summed E-state index contributed by atoms with van der Waals surface area (Å²) < 4.78 is 5.75. The van der Waals surface area contributed by atoms with Gasteiger partial charge in [0.15, 0.2) is 0 Å². The number of aliphatic hydroxyl groups excluding tert-OH is 1. The standard InChI is InChI=1S/C16H24O2/c1-2-3-11-18-16-6-4-5-14(12-16)13-7-9-15(17)10-8-13/h4-6,12-13,15,17H,2-3,7-11H2,1H3. The lowest BCUT2D eigenvalue weighted by Gasteiger charge is -2.25. The smallest absolute Gasteiger partial charge is 0.119 e. The summed E-state index contributed by atoms with van der Waals surface area (Å²) in [6.45, 7) is 2.98. The van der Waals surface area contributed by atoms with E-state index in [1.54, 1.807) is 0 Å². The van der Waals surface area contributed by atoms with E-state index in [1.165, 1.54) is 12.0 Å². The highest BCUT2D eigenvalue weighted by Crippen LogP contribution is 2.34. The molecule has 2 rings (SSSR count). The summed E-state index contributed by atoms with van der Waals surface area (Å²) in [4.78, 5) is 0. The third kappa shape index (κ3) is 3.74. The van der Waals surface area contributed by atoms with Gasteiger partial charge < -0.3 is 9.84 Å². The number of hydrogen-bond donors (Lipinski definition) is 1. The first-order valence-corrected chi connectivity index (χ1v) is 7.20. The highest BCUT2D eigenvalue weighted by molar-refractivity contribution is 5.31. The van der Waals surface area contributed by atoms with E-state index >= 15 is 0 Å². The second-order valence-electron chi connectivity index (χ2n) is 5.28. The van der Waals surface area contributed by atoms with Crippen LogP contribution in [-0.2, 0) is 0 Å². The molecule has 1 aromatic carbocycles. The number of aliphatic hydroxyl groups is 1. The molecule has 0 bridgehead atoms. The molecule has 1 fully saturated rings. The van der Waals surface area contributed by atoms with Gasteiger partial charge in [0.05, 0.1) is 12.7 Å². The minimum atomic E-state index is -0.0785. The fourth-order valence-corrected chi connectivity index (χ4v) is 2.60. The van der Waals surface area contributed by atoms with Gasteiger partial charge in [0, 0.05) is 0 Å². The van der Waals surface area contributed by atoms with Crippen molar-refractivity contribution in [1.29, 1.82) is 0 Å². The molecular weight excluding hydrogens is 224 g/mol. The van der Waals surface area contributed by atoms with Crippen LogP contribution in [0.4, 0.5) is 0 Å². The van der Waals surface area contributed by atoms with Crippen molar-refractivity contribution in [2.24, 2.45) is 0 Å². The van der Waals surface area contributed by atoms with Gasteiger partial charge in [-0.1, -0.05) is 25.5 Å². The first-order valence-electron chi connectivity index (χ1n) is 7.20. The Hall–Kier alpha value is -1.02. The maximum atomic E-state index is 9.55. The zero-order valence-corrected chi connectivity index (χ0v) is 11.3. The molecule has 1 saturated carbocycles. The summed E-state index contributed by atoms with van der Waals surface area (Å²) >= 11 is 0. The maximum Gasteiger partial charge on any atom is 0.119 e. The summed E-state index contributed by atoms with van der Waals surface area (Å²) in [7, 11) is 0. The van der Waals surface area contributed by atoms with Gasteiger partial charge in [0.1, 0.15) is 5.75 Å². The van der Waals surface area contributed by atoms with Crippen molar-refractivity contribution in [2.75, 3.05) is 6.61 Å². The zero-order chi connectivity index (χ0) is 12.8. The molecule has 0 atom stereocenters. The largest absolute Gasteiger partial charge is 0.494 e. The van der Waals surface area contributed by atoms with Gasteiger partial charge in [0.2, 0.25) is 0 Å². The van der Waals surface area contributed by atoms with Crippen molar-refractivity contribution in [3.8, 4) is 5.75 Å². The average molecular weight is 248 g/mol. The van der Waals surface area contributed by atoms with E-state index in [0.29, 0.717) is 5.92 Å². The lowest BCUT2D eigenvalue weighted by atomic mass is 9.83. The minimum Gasteiger partial charge on any atom is -0.494 e. The third-order valence-electron chi connectivity index (χ3n) is 3.79. The molecule has 2 nitrogen and oxygen atoms in total. The van der Waals surface area contributed by atoms with Crippen molar-refractivity contribution >= 4 is 0 Å². The summed E-state index contributed by atoms with van der Waals surface area (Å²) in [5, 5.41) is 9.55. The van der Waals surface area contributed by atoms with Crippen LogP contribution in [0.2, 0.25) is 0 Å². The molecule has 1 aliphatic rings. The lowest BCUT2D eigenvalue weighted by Crippen LogP contribution is -2.16. The van der Waals surface area contributed by atoms with E-state index in [9.17, 15) is 5.11 Å². The quantitative estimate of drug-likeness (QED) is 0.801. The van der Waals surface area contributed by atoms with Crippen LogP contribution in [0.1, 0.15) is 56.9 Å². The Balaban J connectivity index is 1.94. The van der Waals surface area contributed by atoms with Crippen molar-refractivity contribution < 1.29 is 9.84 Å². The molecule has 0 radical (unpaired) electrons. The number of benzene rings is 1. The molecule has 0 saturated heterocycles. The second-order valence-corrected chi connectivity index (χ2v) is 5.28. The Morgan fingerprint density at radius 1 is 1.22 bits per heavy atom. The monoisotopic (exact) mass is 248 g/mol. The highest BCUT2D eigenvalue weighted by atomic mass is 16.5. The van der Waals surface area contributed by atoms with Gasteiger partial charge in [-0.05, 0) is 55.7 Å². The van der Waals surface area contributed by atoms with Gasteiger partial charge in [0.25, 0.3) is 0 Å². The normalized spacial score (nSPS) is 23.9. The van der Waals surface area contributed by atoms with Crippen LogP contribution in [0.25, 0.3) is 0 Å². The maximum absolute atomic E-state index is 9.55. The van der Waals surface area contributed by atoms with E-state index in [2.05, 4.69) is 25.1 Å². The van der Waals surface area contributed by atoms with E-state index in [1.807, 2.05) is 6.07 Å². The van der Waals surface area contributed by atoms with Crippen molar-refractivity contribution in [3.63, 3.8) is 0 Å². The minimum absolute atomic E-state index is 0.0785. The fraction of sp³-hybridized carbons (Fsp3) is 0.625. The summed E-state index contributed by atoms with van der Waals surface area (Å²) in [5.74, 6) is 1.59. The molecule has 0 unspecified atom stereocenters. The first kappa shape index (κ1) is 13.4. The van der Waals surface area contributed by atoms with Crippen LogP contribution < -0.4 is 4.74 Å². The van der Waals surface area contributed by atoms with Crippen LogP contribution in [0.5, 0.6) is 5.75 Å². The van der Waals surface area contributed by atoms with Gasteiger partial charge in [-0.2, -0.15) is 0 Å². The van der Waals surface area contributed by atoms with E-state index in [-0.39, 0.29) is 6.10 Å². The molecule has 1 aliphatic carbocycles. The molecule has 18 heavy (non-hydrogen) atoms. The van der Waals surface area contributed by atoms with Gasteiger partial charge in [-0.25, -0.2) is 0 Å². The molecule has 0 heterocycles. The predicted octanol–water partition coefficient (Wildman–Crippen LogP) is 3.88. The van der Waals surface area contributed by atoms with Crippen molar-refractivity contribution in [3.05, 3.63) is 29.8 Å². The van der Waals surface area contributed by atoms with E-state index in [0.717, 1.165) is 44.5 Å². The molecule has 0 spiro atoms. The van der Waals surface area contributed by atoms with Crippen molar-refractivity contribution in [2.45, 2.75) is 57.5 Å². The molecule has 2 heteroatoms. The second kappa shape index (κ2) is 6.79. The number of rotatable bonds is 5. The third-order valence-corrected chi connectivity index (χ3v) is 3.79. The van der Waals surface area contributed by atoms with Crippen LogP contribution in [0.3, 0.4) is 0 Å². The van der Waals surface area contributed by atoms with Crippen LogP contribution in [0.15, 0.2) is 24.3 Å². The Morgan fingerprint density at radius 3 is 2.72 bits per heavy atom. The lowest BCUT2D eigenvalue weighted by molar-refractivity contribution is 0.122. The van der Waals surface area contributed by atoms with Crippen LogP contribution >= 0.6 is 0 Å². The van der Waals surface area contributed by atoms with Crippen molar-refractivity contribution in [1.82, 2.24) is 0 Å². The topological polar surface area (TPSA) is 29.5 Å². The number of unbranched alkanes of at least 4 members (excludes halogenated alkanes) is 1. The molecule has 100 valence electrons. The highest BCUT2D eigenvalue weighted by Gasteiger charge is 2.20. The van der Waals surface area contributed by atoms with Crippen LogP contribution in [0, 0.1) is 0 Å². The van der Waals surface area contributed by atoms with Gasteiger partial charge in [-0.15, -0.1) is 0 Å². The van der Waals surface area contributed by atoms with Gasteiger partial charge in [-0.3, -0.25) is 0 Å². The molecule has 0 aliphatic heterocycles. The van der Waals surface area contributed by atoms with E-state index < -0.39 is 0 Å². The summed E-state index contributed by atoms with van der Waals surface area (Å²) in [5.41, 5.74) is 1.37. The summed E-state index contributed by atoms with van der Waals surface area (Å²) in [6, 6.07) is 8.49. The molecule has 1 N–H and O–H groups in total. The van der Waals surface area contributed by atoms with Gasteiger partial charge >= 0.3 is 0 Å². The Labute approximate surface area is 110 Å². The molecular formula is C16H24O2. The SMILES string of the molecule is CCCCOc1cccc(C2CCC(O)CC2)c1.